The summed E-state index contributed by atoms with van der Waals surface area (Å²) in [7, 11) is 0. The van der Waals surface area contributed by atoms with Crippen LogP contribution < -0.4 is 11.1 Å². The summed E-state index contributed by atoms with van der Waals surface area (Å²) in [4.78, 5) is 45.1. The maximum Gasteiger partial charge on any atom is 0.247 e. The first-order valence-corrected chi connectivity index (χ1v) is 12.4. The summed E-state index contributed by atoms with van der Waals surface area (Å²) >= 11 is 1.70. The number of aryl methyl sites for hydroxylation is 1. The number of rotatable bonds is 7. The predicted molar refractivity (Wildman–Crippen MR) is 134 cm³/mol. The van der Waals surface area contributed by atoms with Crippen LogP contribution in [0.2, 0.25) is 0 Å². The van der Waals surface area contributed by atoms with Gasteiger partial charge in [0.05, 0.1) is 16.8 Å². The summed E-state index contributed by atoms with van der Waals surface area (Å²) in [5.74, 6) is -1.87. The lowest BCUT2D eigenvalue weighted by molar-refractivity contribution is -0.145. The van der Waals surface area contributed by atoms with Crippen LogP contribution in [0.4, 0.5) is 5.69 Å². The van der Waals surface area contributed by atoms with E-state index in [1.807, 2.05) is 38.5 Å². The molecule has 8 heteroatoms. The zero-order chi connectivity index (χ0) is 24.3. The SMILES string of the molecule is CC(N)=CC(=O)C(C(=O)N1CCCC1C(=O)Nc1ccc(C2SC=NC2C)cc1C)C(C)C. The highest BCUT2D eigenvalue weighted by atomic mass is 32.2. The molecule has 178 valence electrons. The number of carbonyl (C=O) groups excluding carboxylic acids is 3. The van der Waals surface area contributed by atoms with E-state index >= 15 is 0 Å². The number of carbonyl (C=O) groups is 3. The number of nitrogens with zero attached hydrogens (tertiary/aromatic N) is 2. The van der Waals surface area contributed by atoms with Crippen LogP contribution in [0.1, 0.15) is 56.9 Å². The van der Waals surface area contributed by atoms with Crippen LogP contribution in [0.3, 0.4) is 0 Å². The number of nitrogens with one attached hydrogen (secondary N) is 1. The molecule has 0 aromatic heterocycles. The molecule has 0 bridgehead atoms. The Kier molecular flexibility index (Phi) is 8.00. The van der Waals surface area contributed by atoms with Crippen LogP contribution in [0, 0.1) is 18.8 Å². The van der Waals surface area contributed by atoms with E-state index in [2.05, 4.69) is 23.3 Å². The molecule has 2 aliphatic rings. The Balaban J connectivity index is 1.73. The summed E-state index contributed by atoms with van der Waals surface area (Å²) in [6.07, 6.45) is 2.61. The van der Waals surface area contributed by atoms with E-state index in [9.17, 15) is 14.4 Å². The van der Waals surface area contributed by atoms with Crippen molar-refractivity contribution < 1.29 is 14.4 Å². The van der Waals surface area contributed by atoms with E-state index in [0.717, 1.165) is 17.7 Å². The Morgan fingerprint density at radius 1 is 1.30 bits per heavy atom. The van der Waals surface area contributed by atoms with Crippen molar-refractivity contribution in [2.24, 2.45) is 22.6 Å². The van der Waals surface area contributed by atoms with Gasteiger partial charge in [-0.15, -0.1) is 11.8 Å². The summed E-state index contributed by atoms with van der Waals surface area (Å²) in [6.45, 7) is 9.83. The van der Waals surface area contributed by atoms with Gasteiger partial charge in [0.2, 0.25) is 11.8 Å². The van der Waals surface area contributed by atoms with Gasteiger partial charge in [-0.1, -0.05) is 26.0 Å². The van der Waals surface area contributed by atoms with Gasteiger partial charge in [-0.2, -0.15) is 0 Å². The molecule has 1 aromatic carbocycles. The zero-order valence-electron chi connectivity index (χ0n) is 20.0. The number of thioether (sulfide) groups is 1. The van der Waals surface area contributed by atoms with Gasteiger partial charge in [0, 0.05) is 24.0 Å². The smallest absolute Gasteiger partial charge is 0.247 e. The van der Waals surface area contributed by atoms with Crippen LogP contribution in [0.5, 0.6) is 0 Å². The summed E-state index contributed by atoms with van der Waals surface area (Å²) < 4.78 is 0. The van der Waals surface area contributed by atoms with Gasteiger partial charge in [0.25, 0.3) is 0 Å². The third-order valence-electron chi connectivity index (χ3n) is 6.23. The minimum Gasteiger partial charge on any atom is -0.402 e. The van der Waals surface area contributed by atoms with E-state index in [1.54, 1.807) is 23.6 Å². The average Bonchev–Trinajstić information content (AvgIpc) is 3.37. The van der Waals surface area contributed by atoms with Crippen molar-refractivity contribution in [1.29, 1.82) is 0 Å². The van der Waals surface area contributed by atoms with Crippen LogP contribution in [0.25, 0.3) is 0 Å². The summed E-state index contributed by atoms with van der Waals surface area (Å²) in [5, 5.41) is 3.29. The zero-order valence-corrected chi connectivity index (χ0v) is 20.8. The van der Waals surface area contributed by atoms with Crippen LogP contribution >= 0.6 is 11.8 Å². The maximum absolute atomic E-state index is 13.3. The number of hydrogen-bond acceptors (Lipinski definition) is 6. The standard InChI is InChI=1S/C25H34N4O3S/c1-14(2)22(21(30)12-16(4)26)25(32)29-10-6-7-20(29)24(31)28-19-9-8-18(11-15(19)3)23-17(5)27-13-33-23/h8-9,11-14,17,20,22-23H,6-7,10,26H2,1-5H3,(H,28,31). The number of anilines is 1. The minimum absolute atomic E-state index is 0.195. The third kappa shape index (κ3) is 5.66. The van der Waals surface area contributed by atoms with Crippen molar-refractivity contribution in [3.05, 3.63) is 41.1 Å². The quantitative estimate of drug-likeness (QED) is 0.465. The maximum atomic E-state index is 13.3. The molecular formula is C25H34N4O3S. The molecule has 3 rings (SSSR count). The monoisotopic (exact) mass is 470 g/mol. The highest BCUT2D eigenvalue weighted by Gasteiger charge is 2.40. The van der Waals surface area contributed by atoms with Gasteiger partial charge in [0.15, 0.2) is 5.78 Å². The molecule has 0 spiro atoms. The van der Waals surface area contributed by atoms with Crippen molar-refractivity contribution >= 4 is 40.6 Å². The van der Waals surface area contributed by atoms with Crippen molar-refractivity contribution in [2.45, 2.75) is 64.8 Å². The van der Waals surface area contributed by atoms with Crippen LogP contribution in [0.15, 0.2) is 35.0 Å². The first kappa shape index (κ1) is 25.0. The Hall–Kier alpha value is -2.61. The molecule has 0 aliphatic carbocycles. The molecule has 4 unspecified atom stereocenters. The fourth-order valence-corrected chi connectivity index (χ4v) is 5.49. The Morgan fingerprint density at radius 2 is 2.03 bits per heavy atom. The minimum atomic E-state index is -0.842. The highest BCUT2D eigenvalue weighted by Crippen LogP contribution is 2.38. The van der Waals surface area contributed by atoms with Crippen molar-refractivity contribution in [3.8, 4) is 0 Å². The third-order valence-corrected chi connectivity index (χ3v) is 7.43. The van der Waals surface area contributed by atoms with Crippen LogP contribution in [-0.4, -0.2) is 46.7 Å². The highest BCUT2D eigenvalue weighted by molar-refractivity contribution is 8.12. The average molecular weight is 471 g/mol. The van der Waals surface area contributed by atoms with Gasteiger partial charge in [-0.3, -0.25) is 19.4 Å². The van der Waals surface area contributed by atoms with Crippen LogP contribution in [-0.2, 0) is 14.4 Å². The van der Waals surface area contributed by atoms with E-state index < -0.39 is 12.0 Å². The van der Waals surface area contributed by atoms with Gasteiger partial charge in [-0.05, 0) is 56.7 Å². The van der Waals surface area contributed by atoms with Crippen molar-refractivity contribution in [3.63, 3.8) is 0 Å². The Bertz CT molecular complexity index is 984. The molecule has 2 amide bonds. The predicted octanol–water partition coefficient (Wildman–Crippen LogP) is 3.83. The van der Waals surface area contributed by atoms with Gasteiger partial charge < -0.3 is 16.0 Å². The topological polar surface area (TPSA) is 105 Å². The number of allylic oxidation sites excluding steroid dienone is 2. The molecule has 4 atom stereocenters. The molecule has 1 fully saturated rings. The number of amides is 2. The molecule has 2 aliphatic heterocycles. The fraction of sp³-hybridized carbons (Fsp3) is 0.520. The number of hydrogen-bond donors (Lipinski definition) is 2. The largest absolute Gasteiger partial charge is 0.402 e. The molecule has 3 N–H and O–H groups in total. The van der Waals surface area contributed by atoms with E-state index in [1.165, 1.54) is 11.6 Å². The number of aliphatic imine (C=N–C) groups is 1. The van der Waals surface area contributed by atoms with Crippen molar-refractivity contribution in [2.75, 3.05) is 11.9 Å². The summed E-state index contributed by atoms with van der Waals surface area (Å²) in [5.41, 5.74) is 10.8. The molecule has 2 heterocycles. The number of nitrogens with two attached hydrogens (primary N) is 1. The number of likely N-dealkylation sites (tertiary alicyclic amines) is 1. The second-order valence-electron chi connectivity index (χ2n) is 9.32. The molecule has 0 radical (unpaired) electrons. The summed E-state index contributed by atoms with van der Waals surface area (Å²) in [6, 6.07) is 5.67. The van der Waals surface area contributed by atoms with E-state index in [-0.39, 0.29) is 34.8 Å². The number of benzene rings is 1. The first-order chi connectivity index (χ1) is 15.6. The molecule has 1 saturated heterocycles. The van der Waals surface area contributed by atoms with Gasteiger partial charge >= 0.3 is 0 Å². The Labute approximate surface area is 200 Å². The second kappa shape index (κ2) is 10.5. The molecular weight excluding hydrogens is 436 g/mol. The van der Waals surface area contributed by atoms with Gasteiger partial charge in [-0.25, -0.2) is 0 Å². The first-order valence-electron chi connectivity index (χ1n) is 11.5. The lowest BCUT2D eigenvalue weighted by atomic mass is 9.89. The van der Waals surface area contributed by atoms with E-state index in [0.29, 0.717) is 18.7 Å². The van der Waals surface area contributed by atoms with Crippen molar-refractivity contribution in [1.82, 2.24) is 4.90 Å². The molecule has 0 saturated carbocycles. The Morgan fingerprint density at radius 3 is 2.61 bits per heavy atom. The second-order valence-corrected chi connectivity index (χ2v) is 10.3. The molecule has 33 heavy (non-hydrogen) atoms. The molecule has 1 aromatic rings. The molecule has 7 nitrogen and oxygen atoms in total. The normalized spacial score (nSPS) is 23.8. The lowest BCUT2D eigenvalue weighted by Gasteiger charge is -2.29. The van der Waals surface area contributed by atoms with Gasteiger partial charge in [0.1, 0.15) is 12.0 Å². The lowest BCUT2D eigenvalue weighted by Crippen LogP contribution is -2.48. The fourth-order valence-electron chi connectivity index (χ4n) is 4.50. The van der Waals surface area contributed by atoms with E-state index in [4.69, 9.17) is 5.73 Å². The number of ketones is 1.